The van der Waals surface area contributed by atoms with Gasteiger partial charge in [-0.3, -0.25) is 4.79 Å². The van der Waals surface area contributed by atoms with E-state index in [1.165, 1.54) is 51.0 Å². The average molecular weight is 630 g/mol. The average Bonchev–Trinajstić information content (AvgIpc) is 3.03. The van der Waals surface area contributed by atoms with Crippen LogP contribution in [0.4, 0.5) is 0 Å². The summed E-state index contributed by atoms with van der Waals surface area (Å²) in [4.78, 5) is 12.3. The predicted octanol–water partition coefficient (Wildman–Crippen LogP) is 6.69. The quantitative estimate of drug-likeness (QED) is 0.0325. The summed E-state index contributed by atoms with van der Waals surface area (Å²) in [5.74, 6) is -0.326. The smallest absolute Gasteiger partial charge is 0.220 e. The molecule has 0 saturated carbocycles. The van der Waals surface area contributed by atoms with Crippen molar-refractivity contribution in [3.63, 3.8) is 0 Å². The van der Waals surface area contributed by atoms with Crippen LogP contribution in [0.1, 0.15) is 110 Å². The Morgan fingerprint density at radius 3 is 1.89 bits per heavy atom. The molecule has 7 heteroatoms. The van der Waals surface area contributed by atoms with E-state index in [0.717, 1.165) is 25.7 Å². The van der Waals surface area contributed by atoms with Crippen molar-refractivity contribution in [2.75, 3.05) is 6.61 Å². The van der Waals surface area contributed by atoms with Crippen molar-refractivity contribution >= 4 is 5.91 Å². The number of hydrogen-bond donors (Lipinski definition) is 6. The first-order chi connectivity index (χ1) is 21.8. The maximum atomic E-state index is 12.3. The maximum Gasteiger partial charge on any atom is 0.220 e. The summed E-state index contributed by atoms with van der Waals surface area (Å²) < 4.78 is 0. The third-order valence-electron chi connectivity index (χ3n) is 7.18. The predicted molar refractivity (Wildman–Crippen MR) is 188 cm³/mol. The van der Waals surface area contributed by atoms with Gasteiger partial charge in [-0.2, -0.15) is 0 Å². The second-order valence-electron chi connectivity index (χ2n) is 11.4. The van der Waals surface area contributed by atoms with Gasteiger partial charge in [0.15, 0.2) is 0 Å². The Morgan fingerprint density at radius 1 is 0.644 bits per heavy atom. The number of nitrogens with one attached hydrogen (secondary N) is 1. The molecule has 256 valence electrons. The van der Waals surface area contributed by atoms with E-state index < -0.39 is 30.5 Å². The van der Waals surface area contributed by atoms with E-state index in [1.54, 1.807) is 48.6 Å². The van der Waals surface area contributed by atoms with Gasteiger partial charge in [0.25, 0.3) is 0 Å². The fourth-order valence-corrected chi connectivity index (χ4v) is 4.40. The zero-order valence-corrected chi connectivity index (χ0v) is 27.9. The lowest BCUT2D eigenvalue weighted by Gasteiger charge is -2.20. The molecule has 0 aromatic carbocycles. The van der Waals surface area contributed by atoms with Crippen molar-refractivity contribution in [2.24, 2.45) is 0 Å². The highest BCUT2D eigenvalue weighted by Crippen LogP contribution is 2.11. The molecule has 0 fully saturated rings. The van der Waals surface area contributed by atoms with Crippen LogP contribution in [-0.4, -0.2) is 68.5 Å². The molecule has 0 spiro atoms. The molecule has 0 bridgehead atoms. The molecule has 5 atom stereocenters. The molecule has 0 aromatic heterocycles. The van der Waals surface area contributed by atoms with Crippen molar-refractivity contribution < 1.29 is 30.3 Å². The van der Waals surface area contributed by atoms with E-state index >= 15 is 0 Å². The highest BCUT2D eigenvalue weighted by atomic mass is 16.3. The van der Waals surface area contributed by atoms with Crippen LogP contribution < -0.4 is 5.32 Å². The van der Waals surface area contributed by atoms with E-state index in [0.29, 0.717) is 12.8 Å². The third kappa shape index (κ3) is 27.5. The van der Waals surface area contributed by atoms with Crippen LogP contribution in [0.25, 0.3) is 0 Å². The molecule has 0 saturated heterocycles. The zero-order chi connectivity index (χ0) is 33.4. The minimum Gasteiger partial charge on any atom is -0.394 e. The number of unbranched alkanes of at least 4 members (excludes halogenated alkanes) is 8. The fourth-order valence-electron chi connectivity index (χ4n) is 4.40. The molecular weight excluding hydrogens is 566 g/mol. The molecule has 7 nitrogen and oxygen atoms in total. The maximum absolute atomic E-state index is 12.3. The highest BCUT2D eigenvalue weighted by Gasteiger charge is 2.19. The van der Waals surface area contributed by atoms with E-state index in [4.69, 9.17) is 0 Å². The van der Waals surface area contributed by atoms with Crippen LogP contribution in [0.2, 0.25) is 0 Å². The lowest BCUT2D eigenvalue weighted by Crippen LogP contribution is -2.45. The van der Waals surface area contributed by atoms with Gasteiger partial charge < -0.3 is 30.8 Å². The number of aliphatic hydroxyl groups excluding tert-OH is 5. The molecule has 1 amide bonds. The molecule has 45 heavy (non-hydrogen) atoms. The Balaban J connectivity index is 4.13. The van der Waals surface area contributed by atoms with Gasteiger partial charge in [-0.15, -0.1) is 0 Å². The lowest BCUT2D eigenvalue weighted by atomic mass is 10.1. The number of aliphatic hydroxyl groups is 5. The Bertz CT molecular complexity index is 904. The van der Waals surface area contributed by atoms with Gasteiger partial charge in [-0.1, -0.05) is 131 Å². The van der Waals surface area contributed by atoms with Crippen molar-refractivity contribution in [3.8, 4) is 0 Å². The summed E-state index contributed by atoms with van der Waals surface area (Å²) in [5.41, 5.74) is 0. The SMILES string of the molecule is CC/C=C\C[C@H](O)/C=C/C=C/C=C\C=C/[C@@H](O)[C@H](O)CCCC(=O)N[C@@H](CO)[C@H](O)/C=C/CCCCCCCC/C=C\CCC. The van der Waals surface area contributed by atoms with Crippen molar-refractivity contribution in [2.45, 2.75) is 141 Å². The normalized spacial score (nSPS) is 16.3. The first-order valence-corrected chi connectivity index (χ1v) is 17.1. The van der Waals surface area contributed by atoms with Gasteiger partial charge in [-0.25, -0.2) is 0 Å². The standard InChI is InChI=1S/C38H63NO6/c1-3-5-7-8-9-10-11-12-13-14-15-19-23-28-35(42)34(32-40)39-38(45)31-25-30-37(44)36(43)29-24-20-17-16-18-22-27-33(41)26-21-6-4-2/h6-8,16-18,20-24,27-29,33-37,40-44H,3-5,9-15,19,25-26,30-32H2,1-2H3,(H,39,45)/b8-7-,18-16+,20-17-,21-6-,27-22+,28-23+,29-24-/t33-,34-,35+,36+,37+/m0/s1. The Labute approximate surface area is 273 Å². The number of carbonyl (C=O) groups is 1. The minimum atomic E-state index is -1.07. The van der Waals surface area contributed by atoms with Crippen LogP contribution in [0.15, 0.2) is 85.1 Å². The van der Waals surface area contributed by atoms with Crippen LogP contribution in [-0.2, 0) is 4.79 Å². The number of allylic oxidation sites excluding steroid dienone is 10. The molecule has 0 aromatic rings. The monoisotopic (exact) mass is 629 g/mol. The number of rotatable bonds is 28. The van der Waals surface area contributed by atoms with Crippen LogP contribution in [0, 0.1) is 0 Å². The molecule has 0 radical (unpaired) electrons. The number of carbonyl (C=O) groups excluding carboxylic acids is 1. The van der Waals surface area contributed by atoms with Crippen LogP contribution in [0.5, 0.6) is 0 Å². The van der Waals surface area contributed by atoms with Crippen LogP contribution >= 0.6 is 0 Å². The first-order valence-electron chi connectivity index (χ1n) is 17.1. The minimum absolute atomic E-state index is 0.108. The Kier molecular flexibility index (Phi) is 29.7. The largest absolute Gasteiger partial charge is 0.394 e. The summed E-state index contributed by atoms with van der Waals surface area (Å²) in [7, 11) is 0. The number of amides is 1. The molecule has 0 heterocycles. The van der Waals surface area contributed by atoms with Crippen molar-refractivity contribution in [3.05, 3.63) is 85.1 Å². The molecule has 0 aliphatic rings. The molecule has 0 rings (SSSR count). The van der Waals surface area contributed by atoms with E-state index in [2.05, 4.69) is 24.4 Å². The summed E-state index contributed by atoms with van der Waals surface area (Å²) in [6, 6.07) is -0.789. The van der Waals surface area contributed by atoms with Gasteiger partial charge in [-0.05, 0) is 57.8 Å². The topological polar surface area (TPSA) is 130 Å². The summed E-state index contributed by atoms with van der Waals surface area (Å²) in [6.07, 6.45) is 36.0. The Morgan fingerprint density at radius 2 is 1.24 bits per heavy atom. The summed E-state index contributed by atoms with van der Waals surface area (Å²) in [6.45, 7) is 3.86. The van der Waals surface area contributed by atoms with Gasteiger partial charge in [0.05, 0.1) is 37.1 Å². The van der Waals surface area contributed by atoms with E-state index in [-0.39, 0.29) is 25.4 Å². The van der Waals surface area contributed by atoms with Crippen molar-refractivity contribution in [1.29, 1.82) is 0 Å². The zero-order valence-electron chi connectivity index (χ0n) is 27.9. The van der Waals surface area contributed by atoms with Gasteiger partial charge in [0.1, 0.15) is 0 Å². The molecule has 0 aliphatic carbocycles. The van der Waals surface area contributed by atoms with Gasteiger partial charge in [0, 0.05) is 6.42 Å². The molecular formula is C38H63NO6. The fraction of sp³-hybridized carbons (Fsp3) is 0.605. The Hall–Kier alpha value is -2.55. The second kappa shape index (κ2) is 31.4. The van der Waals surface area contributed by atoms with E-state index in [9.17, 15) is 30.3 Å². The summed E-state index contributed by atoms with van der Waals surface area (Å²) >= 11 is 0. The molecule has 0 unspecified atom stereocenters. The second-order valence-corrected chi connectivity index (χ2v) is 11.4. The molecule has 6 N–H and O–H groups in total. The van der Waals surface area contributed by atoms with Crippen LogP contribution in [0.3, 0.4) is 0 Å². The summed E-state index contributed by atoms with van der Waals surface area (Å²) in [5, 5.41) is 52.8. The lowest BCUT2D eigenvalue weighted by molar-refractivity contribution is -0.123. The third-order valence-corrected chi connectivity index (χ3v) is 7.18. The highest BCUT2D eigenvalue weighted by molar-refractivity contribution is 5.76. The van der Waals surface area contributed by atoms with Crippen molar-refractivity contribution in [1.82, 2.24) is 5.32 Å². The van der Waals surface area contributed by atoms with E-state index in [1.807, 2.05) is 25.2 Å². The number of hydrogen-bond acceptors (Lipinski definition) is 6. The molecule has 0 aliphatic heterocycles. The van der Waals surface area contributed by atoms with Gasteiger partial charge >= 0.3 is 0 Å². The first kappa shape index (κ1) is 42.5. The van der Waals surface area contributed by atoms with Gasteiger partial charge in [0.2, 0.25) is 5.91 Å².